The number of nitrogens with one attached hydrogen (secondary N) is 1. The van der Waals surface area contributed by atoms with Crippen LogP contribution in [0.2, 0.25) is 0 Å². The standard InChI is InChI=1S/C19H23N3O2/c1-12-5-3-4-6-13(12)9-15-10-19(18(20)24,14-7-8-14)11-16(22-15)17(23)21-2/h3-6,10,14H,7-9,11H2,1-2H3,(H2,20,24)(H,21,23). The van der Waals surface area contributed by atoms with Gasteiger partial charge in [-0.05, 0) is 42.9 Å². The van der Waals surface area contributed by atoms with Crippen LogP contribution in [-0.4, -0.2) is 24.6 Å². The zero-order valence-corrected chi connectivity index (χ0v) is 14.1. The van der Waals surface area contributed by atoms with Gasteiger partial charge < -0.3 is 11.1 Å². The maximum Gasteiger partial charge on any atom is 0.265 e. The molecule has 5 nitrogen and oxygen atoms in total. The number of hydrogen-bond donors (Lipinski definition) is 2. The number of primary amides is 1. The molecule has 5 heteroatoms. The molecule has 0 saturated heterocycles. The van der Waals surface area contributed by atoms with Crippen LogP contribution >= 0.6 is 0 Å². The smallest absolute Gasteiger partial charge is 0.265 e. The third-order valence-electron chi connectivity index (χ3n) is 5.05. The molecule has 1 aromatic rings. The van der Waals surface area contributed by atoms with E-state index in [-0.39, 0.29) is 17.7 Å². The number of rotatable bonds is 5. The Bertz CT molecular complexity index is 747. The largest absolute Gasteiger partial charge is 0.369 e. The van der Waals surface area contributed by atoms with Crippen molar-refractivity contribution in [3.05, 3.63) is 47.2 Å². The quantitative estimate of drug-likeness (QED) is 0.866. The number of nitrogens with zero attached hydrogens (tertiary/aromatic N) is 1. The van der Waals surface area contributed by atoms with Crippen molar-refractivity contribution in [2.45, 2.75) is 32.6 Å². The molecule has 24 heavy (non-hydrogen) atoms. The molecule has 3 rings (SSSR count). The number of hydrogen-bond acceptors (Lipinski definition) is 3. The molecule has 126 valence electrons. The van der Waals surface area contributed by atoms with E-state index in [4.69, 9.17) is 5.73 Å². The lowest BCUT2D eigenvalue weighted by atomic mass is 9.74. The number of carbonyl (C=O) groups is 2. The number of nitrogens with two attached hydrogens (primary N) is 1. The van der Waals surface area contributed by atoms with Crippen molar-refractivity contribution in [3.63, 3.8) is 0 Å². The molecule has 1 aliphatic heterocycles. The fourth-order valence-corrected chi connectivity index (χ4v) is 3.46. The maximum atomic E-state index is 12.3. The van der Waals surface area contributed by atoms with Gasteiger partial charge in [-0.25, -0.2) is 0 Å². The second kappa shape index (κ2) is 6.23. The van der Waals surface area contributed by atoms with Gasteiger partial charge in [0.25, 0.3) is 5.91 Å². The molecule has 1 unspecified atom stereocenters. The van der Waals surface area contributed by atoms with Gasteiger partial charge in [0.2, 0.25) is 5.91 Å². The molecule has 0 aromatic heterocycles. The average Bonchev–Trinajstić information content (AvgIpc) is 3.41. The predicted molar refractivity (Wildman–Crippen MR) is 93.4 cm³/mol. The SMILES string of the molecule is CNC(=O)C1=NC(Cc2ccccc2C)=CC(C(N)=O)(C2CC2)C1. The van der Waals surface area contributed by atoms with E-state index in [9.17, 15) is 9.59 Å². The van der Waals surface area contributed by atoms with Gasteiger partial charge in [0, 0.05) is 25.6 Å². The Labute approximate surface area is 142 Å². The van der Waals surface area contributed by atoms with Crippen molar-refractivity contribution in [1.82, 2.24) is 5.32 Å². The van der Waals surface area contributed by atoms with Crippen LogP contribution in [0.3, 0.4) is 0 Å². The Hall–Kier alpha value is -2.43. The van der Waals surface area contributed by atoms with Crippen molar-refractivity contribution < 1.29 is 9.59 Å². The average molecular weight is 325 g/mol. The Morgan fingerprint density at radius 2 is 2.04 bits per heavy atom. The minimum atomic E-state index is -0.776. The van der Waals surface area contributed by atoms with Gasteiger partial charge in [0.15, 0.2) is 0 Å². The molecule has 2 amide bonds. The van der Waals surface area contributed by atoms with Gasteiger partial charge in [-0.15, -0.1) is 0 Å². The van der Waals surface area contributed by atoms with Crippen LogP contribution in [0.4, 0.5) is 0 Å². The van der Waals surface area contributed by atoms with E-state index in [1.807, 2.05) is 37.3 Å². The van der Waals surface area contributed by atoms with E-state index in [2.05, 4.69) is 10.3 Å². The van der Waals surface area contributed by atoms with Gasteiger partial charge in [0.05, 0.1) is 5.41 Å². The zero-order valence-electron chi connectivity index (χ0n) is 14.1. The molecule has 0 spiro atoms. The molecule has 1 fully saturated rings. The lowest BCUT2D eigenvalue weighted by molar-refractivity contribution is -0.126. The summed E-state index contributed by atoms with van der Waals surface area (Å²) in [5.41, 5.74) is 8.44. The summed E-state index contributed by atoms with van der Waals surface area (Å²) >= 11 is 0. The van der Waals surface area contributed by atoms with Gasteiger partial charge in [-0.2, -0.15) is 0 Å². The lowest BCUT2D eigenvalue weighted by Gasteiger charge is -2.31. The van der Waals surface area contributed by atoms with E-state index >= 15 is 0 Å². The Kier molecular flexibility index (Phi) is 4.26. The molecule has 0 bridgehead atoms. The highest BCUT2D eigenvalue weighted by Crippen LogP contribution is 2.51. The van der Waals surface area contributed by atoms with E-state index in [0.29, 0.717) is 18.6 Å². The summed E-state index contributed by atoms with van der Waals surface area (Å²) in [6.45, 7) is 2.05. The van der Waals surface area contributed by atoms with Crippen LogP contribution in [0.5, 0.6) is 0 Å². The third-order valence-corrected chi connectivity index (χ3v) is 5.05. The van der Waals surface area contributed by atoms with Crippen LogP contribution < -0.4 is 11.1 Å². The number of carbonyl (C=O) groups excluding carboxylic acids is 2. The summed E-state index contributed by atoms with van der Waals surface area (Å²) in [5.74, 6) is -0.378. The van der Waals surface area contributed by atoms with Gasteiger partial charge in [0.1, 0.15) is 5.71 Å². The maximum absolute atomic E-state index is 12.3. The first-order valence-electron chi connectivity index (χ1n) is 8.32. The molecule has 1 aliphatic carbocycles. The fourth-order valence-electron chi connectivity index (χ4n) is 3.46. The summed E-state index contributed by atoms with van der Waals surface area (Å²) in [6, 6.07) is 8.07. The molecule has 1 heterocycles. The fraction of sp³-hybridized carbons (Fsp3) is 0.421. The van der Waals surface area contributed by atoms with Crippen molar-refractivity contribution in [1.29, 1.82) is 0 Å². The highest BCUT2D eigenvalue weighted by Gasteiger charge is 2.51. The Morgan fingerprint density at radius 3 is 2.62 bits per heavy atom. The normalized spacial score (nSPS) is 23.2. The minimum Gasteiger partial charge on any atom is -0.369 e. The van der Waals surface area contributed by atoms with Crippen molar-refractivity contribution >= 4 is 17.5 Å². The summed E-state index contributed by atoms with van der Waals surface area (Å²) in [4.78, 5) is 29.0. The van der Waals surface area contributed by atoms with Crippen molar-refractivity contribution in [2.24, 2.45) is 22.1 Å². The number of allylic oxidation sites excluding steroid dienone is 1. The third kappa shape index (κ3) is 2.98. The van der Waals surface area contributed by atoms with Crippen molar-refractivity contribution in [2.75, 3.05) is 7.05 Å². The zero-order chi connectivity index (χ0) is 17.3. The molecule has 2 aliphatic rings. The lowest BCUT2D eigenvalue weighted by Crippen LogP contribution is -2.44. The topological polar surface area (TPSA) is 84.6 Å². The van der Waals surface area contributed by atoms with Gasteiger partial charge >= 0.3 is 0 Å². The van der Waals surface area contributed by atoms with E-state index in [1.54, 1.807) is 7.05 Å². The van der Waals surface area contributed by atoms with Crippen LogP contribution in [0.25, 0.3) is 0 Å². The number of aliphatic imine (C=N–C) groups is 1. The highest BCUT2D eigenvalue weighted by molar-refractivity contribution is 6.39. The van der Waals surface area contributed by atoms with Crippen LogP contribution in [0.1, 0.15) is 30.4 Å². The van der Waals surface area contributed by atoms with E-state index in [1.165, 1.54) is 0 Å². The van der Waals surface area contributed by atoms with Crippen LogP contribution in [0, 0.1) is 18.3 Å². The van der Waals surface area contributed by atoms with Crippen LogP contribution in [0.15, 0.2) is 41.0 Å². The van der Waals surface area contributed by atoms with Gasteiger partial charge in [-0.1, -0.05) is 24.3 Å². The molecular formula is C19H23N3O2. The van der Waals surface area contributed by atoms with E-state index in [0.717, 1.165) is 29.7 Å². The monoisotopic (exact) mass is 325 g/mol. The summed E-state index contributed by atoms with van der Waals surface area (Å²) in [5, 5.41) is 2.62. The molecule has 0 radical (unpaired) electrons. The first-order chi connectivity index (χ1) is 11.5. The first kappa shape index (κ1) is 16.4. The first-order valence-corrected chi connectivity index (χ1v) is 8.32. The Balaban J connectivity index is 2.01. The van der Waals surface area contributed by atoms with Crippen molar-refractivity contribution in [3.8, 4) is 0 Å². The Morgan fingerprint density at radius 1 is 1.33 bits per heavy atom. The van der Waals surface area contributed by atoms with Gasteiger partial charge in [-0.3, -0.25) is 14.6 Å². The summed E-state index contributed by atoms with van der Waals surface area (Å²) in [6.07, 6.45) is 4.75. The molecule has 1 aromatic carbocycles. The minimum absolute atomic E-state index is 0.219. The van der Waals surface area contributed by atoms with E-state index < -0.39 is 5.41 Å². The highest BCUT2D eigenvalue weighted by atomic mass is 16.2. The molecule has 3 N–H and O–H groups in total. The second-order valence-electron chi connectivity index (χ2n) is 6.73. The summed E-state index contributed by atoms with van der Waals surface area (Å²) in [7, 11) is 1.58. The molecule has 1 saturated carbocycles. The predicted octanol–water partition coefficient (Wildman–Crippen LogP) is 1.89. The number of benzene rings is 1. The summed E-state index contributed by atoms with van der Waals surface area (Å²) < 4.78 is 0. The molecule has 1 atom stereocenters. The number of amides is 2. The second-order valence-corrected chi connectivity index (χ2v) is 6.73. The van der Waals surface area contributed by atoms with Crippen LogP contribution in [-0.2, 0) is 16.0 Å². The molecular weight excluding hydrogens is 302 g/mol. The number of aryl methyl sites for hydroxylation is 1.